The zero-order chi connectivity index (χ0) is 15.0. The second kappa shape index (κ2) is 8.05. The monoisotopic (exact) mass is 286 g/mol. The molecule has 0 amide bonds. The van der Waals surface area contributed by atoms with E-state index in [9.17, 15) is 10.1 Å². The van der Waals surface area contributed by atoms with Gasteiger partial charge in [0.25, 0.3) is 5.09 Å². The molecule has 1 unspecified atom stereocenters. The van der Waals surface area contributed by atoms with E-state index in [-0.39, 0.29) is 19.3 Å². The Hall–Kier alpha value is -2.22. The van der Waals surface area contributed by atoms with Gasteiger partial charge < -0.3 is 24.8 Å². The second-order valence-corrected chi connectivity index (χ2v) is 4.01. The first-order valence-corrected chi connectivity index (χ1v) is 5.99. The molecule has 0 aliphatic carbocycles. The van der Waals surface area contributed by atoms with Crippen molar-refractivity contribution in [3.63, 3.8) is 0 Å². The van der Waals surface area contributed by atoms with Crippen LogP contribution in [0.25, 0.3) is 0 Å². The molecule has 1 atom stereocenters. The van der Waals surface area contributed by atoms with E-state index >= 15 is 0 Å². The molecule has 1 rings (SSSR count). The molecule has 112 valence electrons. The largest absolute Gasteiger partial charge is 0.493 e. The Labute approximate surface area is 116 Å². The summed E-state index contributed by atoms with van der Waals surface area (Å²) in [6, 6.07) is 4.90. The Bertz CT molecular complexity index is 438. The van der Waals surface area contributed by atoms with Crippen LogP contribution < -0.4 is 19.9 Å². The van der Waals surface area contributed by atoms with Gasteiger partial charge in [0, 0.05) is 12.1 Å². The number of nitrogens with two attached hydrogens (primary N) is 1. The first-order chi connectivity index (χ1) is 9.52. The van der Waals surface area contributed by atoms with Gasteiger partial charge in [-0.3, -0.25) is 0 Å². The minimum absolute atomic E-state index is 0.0597. The van der Waals surface area contributed by atoms with E-state index in [1.807, 2.05) is 6.92 Å². The standard InChI is InChI=1S/C12H18N2O6/c1-9(13)8-19-11-4-3-10(7-12(11)17-2)18-5-6-20-14(15)16/h3-4,7,9H,5-6,8,13H2,1-2H3. The van der Waals surface area contributed by atoms with E-state index in [1.165, 1.54) is 7.11 Å². The fourth-order valence-electron chi connectivity index (χ4n) is 1.35. The summed E-state index contributed by atoms with van der Waals surface area (Å²) < 4.78 is 15.9. The van der Waals surface area contributed by atoms with E-state index in [0.29, 0.717) is 23.9 Å². The van der Waals surface area contributed by atoms with Gasteiger partial charge in [0.2, 0.25) is 0 Å². The maximum atomic E-state index is 9.96. The van der Waals surface area contributed by atoms with Crippen LogP contribution in [-0.2, 0) is 4.84 Å². The lowest BCUT2D eigenvalue weighted by molar-refractivity contribution is -0.757. The van der Waals surface area contributed by atoms with Crippen molar-refractivity contribution < 1.29 is 24.1 Å². The van der Waals surface area contributed by atoms with Crippen molar-refractivity contribution in [1.29, 1.82) is 0 Å². The number of benzene rings is 1. The molecule has 2 N–H and O–H groups in total. The highest BCUT2D eigenvalue weighted by molar-refractivity contribution is 5.45. The third kappa shape index (κ3) is 5.61. The normalized spacial score (nSPS) is 11.6. The van der Waals surface area contributed by atoms with Gasteiger partial charge in [0.1, 0.15) is 25.6 Å². The molecule has 0 aliphatic heterocycles. The highest BCUT2D eigenvalue weighted by atomic mass is 17.0. The zero-order valence-electron chi connectivity index (χ0n) is 11.4. The summed E-state index contributed by atoms with van der Waals surface area (Å²) in [5.41, 5.74) is 5.61. The third-order valence-corrected chi connectivity index (χ3v) is 2.19. The Morgan fingerprint density at radius 3 is 2.65 bits per heavy atom. The van der Waals surface area contributed by atoms with E-state index in [1.54, 1.807) is 18.2 Å². The van der Waals surface area contributed by atoms with Gasteiger partial charge in [-0.05, 0) is 19.1 Å². The van der Waals surface area contributed by atoms with E-state index in [4.69, 9.17) is 19.9 Å². The Balaban J connectivity index is 2.55. The molecule has 0 fully saturated rings. The highest BCUT2D eigenvalue weighted by Crippen LogP contribution is 2.31. The van der Waals surface area contributed by atoms with E-state index in [2.05, 4.69) is 4.84 Å². The van der Waals surface area contributed by atoms with Crippen LogP contribution in [0.1, 0.15) is 6.92 Å². The van der Waals surface area contributed by atoms with Crippen LogP contribution in [0.15, 0.2) is 18.2 Å². The van der Waals surface area contributed by atoms with Gasteiger partial charge >= 0.3 is 0 Å². The summed E-state index contributed by atoms with van der Waals surface area (Å²) in [5.74, 6) is 1.55. The van der Waals surface area contributed by atoms with Crippen LogP contribution in [-0.4, -0.2) is 38.1 Å². The molecule has 0 spiro atoms. The van der Waals surface area contributed by atoms with Crippen molar-refractivity contribution in [3.8, 4) is 17.2 Å². The maximum Gasteiger partial charge on any atom is 0.294 e. The van der Waals surface area contributed by atoms with Crippen molar-refractivity contribution in [1.82, 2.24) is 0 Å². The van der Waals surface area contributed by atoms with Crippen LogP contribution in [0.3, 0.4) is 0 Å². The Kier molecular flexibility index (Phi) is 6.38. The highest BCUT2D eigenvalue weighted by Gasteiger charge is 2.07. The van der Waals surface area contributed by atoms with Gasteiger partial charge in [0.05, 0.1) is 7.11 Å². The predicted molar refractivity (Wildman–Crippen MR) is 70.6 cm³/mol. The fourth-order valence-corrected chi connectivity index (χ4v) is 1.35. The number of rotatable bonds is 9. The number of hydrogen-bond donors (Lipinski definition) is 1. The van der Waals surface area contributed by atoms with Crippen molar-refractivity contribution in [2.45, 2.75) is 13.0 Å². The summed E-state index contributed by atoms with van der Waals surface area (Å²) in [4.78, 5) is 14.1. The second-order valence-electron chi connectivity index (χ2n) is 4.01. The first kappa shape index (κ1) is 15.8. The molecule has 1 aromatic carbocycles. The molecule has 0 bridgehead atoms. The van der Waals surface area contributed by atoms with Gasteiger partial charge in [0.15, 0.2) is 11.5 Å². The molecule has 1 aromatic rings. The lowest BCUT2D eigenvalue weighted by Gasteiger charge is -2.14. The minimum atomic E-state index is -0.866. The van der Waals surface area contributed by atoms with Crippen molar-refractivity contribution in [2.24, 2.45) is 5.73 Å². The van der Waals surface area contributed by atoms with Crippen LogP contribution in [0.4, 0.5) is 0 Å². The molecule has 0 aromatic heterocycles. The predicted octanol–water partition coefficient (Wildman–Crippen LogP) is 1.01. The van der Waals surface area contributed by atoms with E-state index in [0.717, 1.165) is 0 Å². The van der Waals surface area contributed by atoms with Crippen LogP contribution in [0.2, 0.25) is 0 Å². The average Bonchev–Trinajstić information content (AvgIpc) is 2.41. The molecule has 20 heavy (non-hydrogen) atoms. The fraction of sp³-hybridized carbons (Fsp3) is 0.500. The summed E-state index contributed by atoms with van der Waals surface area (Å²) in [6.45, 7) is 2.12. The number of ether oxygens (including phenoxy) is 3. The molecule has 0 radical (unpaired) electrons. The SMILES string of the molecule is COc1cc(OCCO[N+](=O)[O-])ccc1OCC(C)N. The van der Waals surface area contributed by atoms with Crippen molar-refractivity contribution >= 4 is 0 Å². The minimum Gasteiger partial charge on any atom is -0.493 e. The van der Waals surface area contributed by atoms with Crippen molar-refractivity contribution in [3.05, 3.63) is 28.3 Å². The third-order valence-electron chi connectivity index (χ3n) is 2.19. The number of hydrogen-bond acceptors (Lipinski definition) is 7. The number of nitrogens with zero attached hydrogens (tertiary/aromatic N) is 1. The van der Waals surface area contributed by atoms with Gasteiger partial charge in [-0.2, -0.15) is 0 Å². The molecular weight excluding hydrogens is 268 g/mol. The smallest absolute Gasteiger partial charge is 0.294 e. The molecule has 8 nitrogen and oxygen atoms in total. The quantitative estimate of drug-likeness (QED) is 0.410. The Morgan fingerprint density at radius 2 is 2.05 bits per heavy atom. The molecule has 0 saturated heterocycles. The molecule has 0 aliphatic rings. The summed E-state index contributed by atoms with van der Waals surface area (Å²) in [6.07, 6.45) is 0. The van der Waals surface area contributed by atoms with Crippen LogP contribution in [0.5, 0.6) is 17.2 Å². The topological polar surface area (TPSA) is 106 Å². The number of methoxy groups -OCH3 is 1. The molecule has 8 heteroatoms. The molecular formula is C12H18N2O6. The molecule has 0 heterocycles. The average molecular weight is 286 g/mol. The lowest BCUT2D eigenvalue weighted by Crippen LogP contribution is -2.23. The molecule has 0 saturated carbocycles. The van der Waals surface area contributed by atoms with Crippen LogP contribution >= 0.6 is 0 Å². The van der Waals surface area contributed by atoms with Crippen molar-refractivity contribution in [2.75, 3.05) is 26.9 Å². The maximum absolute atomic E-state index is 9.96. The van der Waals surface area contributed by atoms with Crippen LogP contribution in [0, 0.1) is 10.1 Å². The van der Waals surface area contributed by atoms with Gasteiger partial charge in [-0.15, -0.1) is 10.1 Å². The van der Waals surface area contributed by atoms with Gasteiger partial charge in [-0.25, -0.2) is 0 Å². The zero-order valence-corrected chi connectivity index (χ0v) is 11.4. The lowest BCUT2D eigenvalue weighted by atomic mass is 10.3. The summed E-state index contributed by atoms with van der Waals surface area (Å²) in [7, 11) is 1.51. The summed E-state index contributed by atoms with van der Waals surface area (Å²) in [5, 5.41) is 9.10. The summed E-state index contributed by atoms with van der Waals surface area (Å²) >= 11 is 0. The first-order valence-electron chi connectivity index (χ1n) is 5.99. The van der Waals surface area contributed by atoms with E-state index < -0.39 is 5.09 Å². The Morgan fingerprint density at radius 1 is 1.30 bits per heavy atom. The van der Waals surface area contributed by atoms with Gasteiger partial charge in [-0.1, -0.05) is 0 Å².